The number of carbonyl (C=O) groups is 2. The van der Waals surface area contributed by atoms with Gasteiger partial charge in [0.2, 0.25) is 17.0 Å². The number of ketones is 2. The number of fused-ring (bicyclic) bond motifs is 6. The molecule has 3 atom stereocenters. The number of aromatic nitrogens is 10. The van der Waals surface area contributed by atoms with Crippen LogP contribution >= 0.6 is 34.8 Å². The fraction of sp³-hybridized carbons (Fsp3) is 0.104. The first kappa shape index (κ1) is 69.8. The highest BCUT2D eigenvalue weighted by Crippen LogP contribution is 2.33. The van der Waals surface area contributed by atoms with E-state index in [4.69, 9.17) is 45.8 Å². The third kappa shape index (κ3) is 13.9. The van der Waals surface area contributed by atoms with Gasteiger partial charge in [-0.3, -0.25) is 47.3 Å². The fourth-order valence-corrected chi connectivity index (χ4v) is 12.9. The molecule has 3 unspecified atom stereocenters. The first-order valence-electron chi connectivity index (χ1n) is 31.8. The third-order valence-corrected chi connectivity index (χ3v) is 18.0. The van der Waals surface area contributed by atoms with Gasteiger partial charge in [-0.1, -0.05) is 138 Å². The molecule has 0 fully saturated rings. The Balaban J connectivity index is 0.000000136. The lowest BCUT2D eigenvalue weighted by molar-refractivity contribution is 0.102. The topological polar surface area (TPSA) is 352 Å². The van der Waals surface area contributed by atoms with Crippen molar-refractivity contribution >= 4 is 101 Å². The number of halogens is 3. The molecule has 7 heterocycles. The molecule has 6 N–H and O–H groups in total. The van der Waals surface area contributed by atoms with Gasteiger partial charge < -0.3 is 26.3 Å². The van der Waals surface area contributed by atoms with Crippen molar-refractivity contribution in [2.24, 2.45) is 5.73 Å². The highest BCUT2D eigenvalue weighted by atomic mass is 35.5. The second-order valence-corrected chi connectivity index (χ2v) is 24.7. The normalized spacial score (nSPS) is 12.9. The van der Waals surface area contributed by atoms with E-state index in [9.17, 15) is 44.1 Å². The Morgan fingerprint density at radius 2 is 0.893 bits per heavy atom. The summed E-state index contributed by atoms with van der Waals surface area (Å²) in [5.74, 6) is -0.372. The van der Waals surface area contributed by atoms with Crippen LogP contribution in [0.5, 0.6) is 0 Å². The maximum absolute atomic E-state index is 13.6. The summed E-state index contributed by atoms with van der Waals surface area (Å²) in [7, 11) is 0. The lowest BCUT2D eigenvalue weighted by atomic mass is 9.94. The number of nitrogens with two attached hydrogens (primary N) is 1. The summed E-state index contributed by atoms with van der Waals surface area (Å²) in [5, 5.41) is 38.7. The number of allylic oxidation sites excluding steroid dienone is 4. The highest BCUT2D eigenvalue weighted by molar-refractivity contribution is 6.36. The number of aromatic amines is 2. The first-order valence-corrected chi connectivity index (χ1v) is 32.9. The van der Waals surface area contributed by atoms with E-state index in [1.165, 1.54) is 31.3 Å². The van der Waals surface area contributed by atoms with Crippen LogP contribution in [-0.4, -0.2) is 60.2 Å². The van der Waals surface area contributed by atoms with Crippen molar-refractivity contribution in [3.63, 3.8) is 0 Å². The van der Waals surface area contributed by atoms with E-state index in [0.29, 0.717) is 100 Å². The van der Waals surface area contributed by atoms with E-state index in [1.807, 2.05) is 166 Å². The molecular weight excluding hydrogens is 1370 g/mol. The number of Topliss-reactive ketones (excluding diaryl/α,β-unsaturated/α-hetero) is 2. The van der Waals surface area contributed by atoms with Gasteiger partial charge in [-0.15, -0.1) is 0 Å². The summed E-state index contributed by atoms with van der Waals surface area (Å²) in [4.78, 5) is 115. The Labute approximate surface area is 599 Å². The second-order valence-electron chi connectivity index (χ2n) is 23.5. The Morgan fingerprint density at radius 1 is 0.476 bits per heavy atom. The van der Waals surface area contributed by atoms with E-state index in [0.717, 1.165) is 16.8 Å². The van der Waals surface area contributed by atoms with Gasteiger partial charge in [-0.25, -0.2) is 24.9 Å². The zero-order valence-electron chi connectivity index (χ0n) is 54.7. The molecule has 15 rings (SSSR count). The number of rotatable bonds is 10. The van der Waals surface area contributed by atoms with Crippen LogP contribution in [0.1, 0.15) is 93.6 Å². The van der Waals surface area contributed by atoms with E-state index in [-0.39, 0.29) is 61.8 Å². The summed E-state index contributed by atoms with van der Waals surface area (Å²) < 4.78 is 4.85. The van der Waals surface area contributed by atoms with Crippen LogP contribution in [0.15, 0.2) is 236 Å². The molecule has 0 spiro atoms. The lowest BCUT2D eigenvalue weighted by Crippen LogP contribution is -2.26. The number of carbonyl (C=O) groups excluding carboxylic acids is 2. The maximum Gasteiger partial charge on any atom is 0.264 e. The predicted molar refractivity (Wildman–Crippen MR) is 396 cm³/mol. The lowest BCUT2D eigenvalue weighted by Gasteiger charge is -2.23. The number of hydrogen-bond donors (Lipinski definition) is 5. The van der Waals surface area contributed by atoms with Crippen LogP contribution in [0.2, 0.25) is 15.1 Å². The summed E-state index contributed by atoms with van der Waals surface area (Å²) in [6, 6.07) is 54.2. The van der Waals surface area contributed by atoms with Gasteiger partial charge in [0.15, 0.2) is 0 Å². The molecule has 0 amide bonds. The van der Waals surface area contributed by atoms with E-state index in [2.05, 4.69) is 45.5 Å². The maximum atomic E-state index is 13.6. The number of hydrogen-bond acceptors (Lipinski definition) is 18. The Bertz CT molecular complexity index is 6110. The highest BCUT2D eigenvalue weighted by Gasteiger charge is 2.29. The van der Waals surface area contributed by atoms with E-state index in [1.54, 1.807) is 56.2 Å². The van der Waals surface area contributed by atoms with Gasteiger partial charge in [0.05, 0.1) is 77.7 Å². The van der Waals surface area contributed by atoms with Crippen LogP contribution < -0.4 is 44.0 Å². The van der Waals surface area contributed by atoms with Gasteiger partial charge in [-0.05, 0) is 110 Å². The van der Waals surface area contributed by atoms with Gasteiger partial charge in [0.1, 0.15) is 64.7 Å². The van der Waals surface area contributed by atoms with Crippen LogP contribution in [0.4, 0.5) is 11.6 Å². The van der Waals surface area contributed by atoms with Crippen molar-refractivity contribution in [3.8, 4) is 35.3 Å². The summed E-state index contributed by atoms with van der Waals surface area (Å²) in [6.07, 6.45) is 9.07. The number of benzene rings is 6. The Morgan fingerprint density at radius 3 is 1.35 bits per heavy atom. The quantitative estimate of drug-likeness (QED) is 0.0849. The van der Waals surface area contributed by atoms with Crippen molar-refractivity contribution in [1.82, 2.24) is 48.6 Å². The standard InChI is InChI=1S/C26H18ClN5O2.C25H17ClN6O2.C17H15ClN2O.C9H5N3O2/c1-15(31-25-23-20(29-14-30-25)11-10-17(13-28)24(23)33)21-12-16-6-5-9-19(27)22(16)26(34)32(21)18-7-3-2-4-8-18;1-14(31-24-21-22(33)16(11-27)12-28-23(21)29-13-30-24)19-10-15-6-5-9-18(26)20(15)25(34)32(19)17-7-3-2-4-8-17;1-11(19)15-10-12-6-5-9-14(18)16(12)17(21)20(15)13-7-3-2-4-8-13;10-3-5-1-2-6-7(8(5)13)9(14)12-4-11-6/h2-10,12,14-15H,11H2,1H3,(H,29,30,31);2-10,12-14H,1H3,(H2,28,29,30,31,33);2-11H,19H2,1H3;1,4H,2H2,(H,11,12,14). The molecule has 0 saturated heterocycles. The molecule has 0 radical (unpaired) electrons. The molecule has 0 saturated carbocycles. The monoisotopic (exact) mass is 1420 g/mol. The minimum absolute atomic E-state index is 0.00782. The van der Waals surface area contributed by atoms with E-state index < -0.39 is 34.6 Å². The van der Waals surface area contributed by atoms with E-state index >= 15 is 0 Å². The summed E-state index contributed by atoms with van der Waals surface area (Å²) >= 11 is 19.0. The average molecular weight is 1420 g/mol. The molecule has 0 bridgehead atoms. The predicted octanol–water partition coefficient (Wildman–Crippen LogP) is 12.7. The van der Waals surface area contributed by atoms with Gasteiger partial charge in [0, 0.05) is 59.2 Å². The molecule has 2 aliphatic carbocycles. The second kappa shape index (κ2) is 30.2. The zero-order valence-corrected chi connectivity index (χ0v) is 57.0. The molecule has 2 aliphatic rings. The smallest absolute Gasteiger partial charge is 0.264 e. The number of nitrogens with zero attached hydrogens (tertiary/aromatic N) is 11. The molecule has 7 aromatic heterocycles. The number of nitriles is 3. The molecular formula is C77H55Cl3N16O7. The number of nitrogens with one attached hydrogen (secondary N) is 4. The van der Waals surface area contributed by atoms with Crippen molar-refractivity contribution in [3.05, 3.63) is 324 Å². The molecule has 26 heteroatoms. The van der Waals surface area contributed by atoms with Gasteiger partial charge in [-0.2, -0.15) is 15.8 Å². The van der Waals surface area contributed by atoms with Crippen molar-refractivity contribution < 1.29 is 9.59 Å². The summed E-state index contributed by atoms with van der Waals surface area (Å²) in [5.41, 5.74) is 10.3. The first-order chi connectivity index (χ1) is 49.8. The molecule has 6 aromatic carbocycles. The zero-order chi connectivity index (χ0) is 72.8. The molecule has 0 aliphatic heterocycles. The van der Waals surface area contributed by atoms with Crippen LogP contribution in [0.3, 0.4) is 0 Å². The van der Waals surface area contributed by atoms with Crippen LogP contribution in [0.25, 0.3) is 60.4 Å². The molecule has 506 valence electrons. The van der Waals surface area contributed by atoms with Crippen LogP contribution in [0, 0.1) is 34.0 Å². The largest absolute Gasteiger partial charge is 0.361 e. The molecule has 13 aromatic rings. The fourth-order valence-electron chi connectivity index (χ4n) is 12.1. The van der Waals surface area contributed by atoms with Crippen molar-refractivity contribution in [2.75, 3.05) is 10.6 Å². The average Bonchev–Trinajstić information content (AvgIpc) is 0.769. The third-order valence-electron chi connectivity index (χ3n) is 17.0. The minimum Gasteiger partial charge on any atom is -0.361 e. The number of H-pyrrole nitrogens is 2. The SMILES string of the molecule is CC(N)c1cc2cccc(Cl)c2c(=O)n1-c1ccccc1.CC(Nc1ncnc2[nH]cc(C#N)c(=O)c12)c1cc2cccc(Cl)c2c(=O)n1-c1ccccc1.CC(Nc1ncnc2c1C(=O)C(C#N)=CC2)c1cc2cccc(Cl)c2c(=O)n1-c1ccccc1.N#CC1=CCc2nc[nH]c(=O)c2C1=O. The Hall–Kier alpha value is -13.1. The van der Waals surface area contributed by atoms with Crippen molar-refractivity contribution in [2.45, 2.75) is 51.7 Å². The molecule has 23 nitrogen and oxygen atoms in total. The number of para-hydroxylation sites is 3. The number of pyridine rings is 4. The Kier molecular flexibility index (Phi) is 20.5. The molecule has 103 heavy (non-hydrogen) atoms. The van der Waals surface area contributed by atoms with Gasteiger partial charge >= 0.3 is 0 Å². The van der Waals surface area contributed by atoms with Gasteiger partial charge in [0.25, 0.3) is 22.2 Å². The van der Waals surface area contributed by atoms with Crippen molar-refractivity contribution in [1.29, 1.82) is 15.8 Å². The number of anilines is 2. The minimum atomic E-state index is -0.539. The summed E-state index contributed by atoms with van der Waals surface area (Å²) in [6.45, 7) is 5.61. The van der Waals surface area contributed by atoms with Crippen LogP contribution in [-0.2, 0) is 12.8 Å².